The number of benzene rings is 1. The summed E-state index contributed by atoms with van der Waals surface area (Å²) in [5.74, 6) is -0.232. The van der Waals surface area contributed by atoms with Gasteiger partial charge in [0.05, 0.1) is 10.6 Å². The summed E-state index contributed by atoms with van der Waals surface area (Å²) in [7, 11) is 0. The highest BCUT2D eigenvalue weighted by molar-refractivity contribution is 7.80. The zero-order valence-corrected chi connectivity index (χ0v) is 14.0. The Morgan fingerprint density at radius 1 is 1.12 bits per heavy atom. The van der Waals surface area contributed by atoms with Crippen molar-refractivity contribution in [3.05, 3.63) is 65.3 Å². The zero-order valence-electron chi connectivity index (χ0n) is 12.4. The van der Waals surface area contributed by atoms with Crippen LogP contribution in [0.2, 0.25) is 0 Å². The minimum atomic E-state index is -0.232. The van der Waals surface area contributed by atoms with Crippen molar-refractivity contribution < 1.29 is 4.79 Å². The lowest BCUT2D eigenvalue weighted by Crippen LogP contribution is -2.21. The Morgan fingerprint density at radius 3 is 2.62 bits per heavy atom. The largest absolute Gasteiger partial charge is 0.328 e. The molecule has 0 bridgehead atoms. The second kappa shape index (κ2) is 6.03. The summed E-state index contributed by atoms with van der Waals surface area (Å²) >= 11 is 6.59. The fourth-order valence-electron chi connectivity index (χ4n) is 2.45. The standard InChI is InChI=1S/C17H12N4OS2/c22-16-13(18-17(23)19-16)9-11-10-21(12-5-2-1-3-6-12)20-15(11)14-7-4-8-24-14/h1-10H,(H2,18,19,22,23). The van der Waals surface area contributed by atoms with E-state index in [1.165, 1.54) is 0 Å². The van der Waals surface area contributed by atoms with Gasteiger partial charge >= 0.3 is 0 Å². The van der Waals surface area contributed by atoms with Gasteiger partial charge in [0, 0.05) is 11.8 Å². The van der Waals surface area contributed by atoms with Crippen LogP contribution < -0.4 is 10.6 Å². The molecule has 2 N–H and O–H groups in total. The van der Waals surface area contributed by atoms with Gasteiger partial charge in [-0.3, -0.25) is 10.1 Å². The predicted octanol–water partition coefficient (Wildman–Crippen LogP) is 2.95. The van der Waals surface area contributed by atoms with E-state index in [4.69, 9.17) is 17.3 Å². The minimum Gasteiger partial charge on any atom is -0.328 e. The normalized spacial score (nSPS) is 15.6. The van der Waals surface area contributed by atoms with Gasteiger partial charge in [0.25, 0.3) is 5.91 Å². The van der Waals surface area contributed by atoms with E-state index in [1.807, 2.05) is 58.7 Å². The molecule has 0 spiro atoms. The maximum Gasteiger partial charge on any atom is 0.273 e. The molecule has 1 fully saturated rings. The average molecular weight is 352 g/mol. The minimum absolute atomic E-state index is 0.232. The topological polar surface area (TPSA) is 59.0 Å². The van der Waals surface area contributed by atoms with E-state index >= 15 is 0 Å². The first-order chi connectivity index (χ1) is 11.7. The van der Waals surface area contributed by atoms with E-state index in [-0.39, 0.29) is 5.91 Å². The van der Waals surface area contributed by atoms with Crippen molar-refractivity contribution in [1.82, 2.24) is 20.4 Å². The van der Waals surface area contributed by atoms with E-state index in [0.29, 0.717) is 10.8 Å². The maximum atomic E-state index is 11.9. The van der Waals surface area contributed by atoms with Gasteiger partial charge in [-0.15, -0.1) is 11.3 Å². The molecule has 1 amide bonds. The third-order valence-electron chi connectivity index (χ3n) is 3.54. The summed E-state index contributed by atoms with van der Waals surface area (Å²) in [6, 6.07) is 13.8. The van der Waals surface area contributed by atoms with Gasteiger partial charge in [-0.2, -0.15) is 5.10 Å². The molecule has 1 aliphatic heterocycles. The Morgan fingerprint density at radius 2 is 1.96 bits per heavy atom. The number of hydrogen-bond donors (Lipinski definition) is 2. The Hall–Kier alpha value is -2.77. The van der Waals surface area contributed by atoms with Gasteiger partial charge in [0.15, 0.2) is 5.11 Å². The first-order valence-electron chi connectivity index (χ1n) is 7.24. The number of para-hydroxylation sites is 1. The van der Waals surface area contributed by atoms with Crippen LogP contribution in [0.4, 0.5) is 0 Å². The summed E-state index contributed by atoms with van der Waals surface area (Å²) in [5.41, 5.74) is 3.06. The van der Waals surface area contributed by atoms with Gasteiger partial charge in [0.2, 0.25) is 0 Å². The molecule has 7 heteroatoms. The fourth-order valence-corrected chi connectivity index (χ4v) is 3.38. The molecule has 0 saturated carbocycles. The highest BCUT2D eigenvalue weighted by Gasteiger charge is 2.21. The SMILES string of the molecule is O=C1NC(=S)NC1=Cc1cn(-c2ccccc2)nc1-c1cccs1. The number of hydrogen-bond acceptors (Lipinski definition) is 4. The number of amides is 1. The molecule has 0 unspecified atom stereocenters. The van der Waals surface area contributed by atoms with E-state index in [1.54, 1.807) is 17.4 Å². The van der Waals surface area contributed by atoms with Crippen LogP contribution >= 0.6 is 23.6 Å². The van der Waals surface area contributed by atoms with Crippen molar-refractivity contribution in [3.63, 3.8) is 0 Å². The molecule has 0 aliphatic carbocycles. The van der Waals surface area contributed by atoms with Gasteiger partial charge in [-0.1, -0.05) is 24.3 Å². The van der Waals surface area contributed by atoms with Gasteiger partial charge < -0.3 is 5.32 Å². The van der Waals surface area contributed by atoms with E-state index in [9.17, 15) is 4.79 Å². The van der Waals surface area contributed by atoms with Crippen molar-refractivity contribution in [2.45, 2.75) is 0 Å². The molecule has 4 rings (SSSR count). The molecule has 5 nitrogen and oxygen atoms in total. The zero-order chi connectivity index (χ0) is 16.5. The van der Waals surface area contributed by atoms with Crippen LogP contribution in [0.25, 0.3) is 22.3 Å². The third-order valence-corrected chi connectivity index (χ3v) is 4.62. The van der Waals surface area contributed by atoms with E-state index in [2.05, 4.69) is 10.6 Å². The summed E-state index contributed by atoms with van der Waals surface area (Å²) in [6.07, 6.45) is 3.68. The second-order valence-electron chi connectivity index (χ2n) is 5.16. The first-order valence-corrected chi connectivity index (χ1v) is 8.52. The molecule has 1 saturated heterocycles. The molecule has 1 aromatic carbocycles. The van der Waals surface area contributed by atoms with Crippen LogP contribution in [-0.2, 0) is 4.79 Å². The lowest BCUT2D eigenvalue weighted by atomic mass is 10.2. The van der Waals surface area contributed by atoms with Crippen LogP contribution in [0.3, 0.4) is 0 Å². The van der Waals surface area contributed by atoms with Crippen LogP contribution in [-0.4, -0.2) is 20.8 Å². The highest BCUT2D eigenvalue weighted by Crippen LogP contribution is 2.29. The maximum absolute atomic E-state index is 11.9. The average Bonchev–Trinajstić information content (AvgIpc) is 3.29. The first kappa shape index (κ1) is 14.8. The molecular formula is C17H12N4OS2. The number of thiophene rings is 1. The molecule has 0 atom stereocenters. The molecule has 2 aromatic heterocycles. The number of nitrogens with one attached hydrogen (secondary N) is 2. The number of thiocarbonyl (C=S) groups is 1. The van der Waals surface area contributed by atoms with E-state index in [0.717, 1.165) is 21.8 Å². The Labute approximate surface area is 147 Å². The van der Waals surface area contributed by atoms with Crippen LogP contribution in [0.15, 0.2) is 59.7 Å². The molecule has 3 heterocycles. The van der Waals surface area contributed by atoms with Gasteiger partial charge in [0.1, 0.15) is 11.4 Å². The molecule has 24 heavy (non-hydrogen) atoms. The Bertz CT molecular complexity index is 942. The predicted molar refractivity (Wildman–Crippen MR) is 98.7 cm³/mol. The quantitative estimate of drug-likeness (QED) is 0.562. The van der Waals surface area contributed by atoms with Crippen LogP contribution in [0, 0.1) is 0 Å². The van der Waals surface area contributed by atoms with Crippen molar-refractivity contribution >= 4 is 40.7 Å². The number of nitrogens with zero attached hydrogens (tertiary/aromatic N) is 2. The fraction of sp³-hybridized carbons (Fsp3) is 0. The van der Waals surface area contributed by atoms with Crippen molar-refractivity contribution in [2.24, 2.45) is 0 Å². The molecule has 1 aliphatic rings. The Kier molecular flexibility index (Phi) is 3.72. The summed E-state index contributed by atoms with van der Waals surface area (Å²) in [5, 5.41) is 12.5. The lowest BCUT2D eigenvalue weighted by molar-refractivity contribution is -0.115. The van der Waals surface area contributed by atoms with Gasteiger partial charge in [-0.05, 0) is 41.9 Å². The third kappa shape index (κ3) is 2.75. The number of carbonyl (C=O) groups is 1. The van der Waals surface area contributed by atoms with Crippen molar-refractivity contribution in [2.75, 3.05) is 0 Å². The summed E-state index contributed by atoms with van der Waals surface area (Å²) in [6.45, 7) is 0. The smallest absolute Gasteiger partial charge is 0.273 e. The van der Waals surface area contributed by atoms with Crippen molar-refractivity contribution in [3.8, 4) is 16.3 Å². The molecular weight excluding hydrogens is 340 g/mol. The highest BCUT2D eigenvalue weighted by atomic mass is 32.1. The molecule has 118 valence electrons. The number of rotatable bonds is 3. The number of carbonyl (C=O) groups excluding carboxylic acids is 1. The lowest BCUT2D eigenvalue weighted by Gasteiger charge is -1.99. The molecule has 0 radical (unpaired) electrons. The van der Waals surface area contributed by atoms with Crippen LogP contribution in [0.5, 0.6) is 0 Å². The molecule has 3 aromatic rings. The summed E-state index contributed by atoms with van der Waals surface area (Å²) < 4.78 is 1.81. The monoisotopic (exact) mass is 352 g/mol. The van der Waals surface area contributed by atoms with Crippen LogP contribution in [0.1, 0.15) is 5.56 Å². The summed E-state index contributed by atoms with van der Waals surface area (Å²) in [4.78, 5) is 12.9. The second-order valence-corrected chi connectivity index (χ2v) is 6.51. The van der Waals surface area contributed by atoms with Gasteiger partial charge in [-0.25, -0.2) is 4.68 Å². The Balaban J connectivity index is 1.83. The van der Waals surface area contributed by atoms with E-state index < -0.39 is 0 Å². The van der Waals surface area contributed by atoms with Crippen molar-refractivity contribution in [1.29, 1.82) is 0 Å². The number of aromatic nitrogens is 2.